The van der Waals surface area contributed by atoms with Crippen LogP contribution in [0.1, 0.15) is 5.56 Å². The van der Waals surface area contributed by atoms with Crippen LogP contribution >= 0.6 is 0 Å². The number of carbonyl (C=O) groups is 1. The lowest BCUT2D eigenvalue weighted by Crippen LogP contribution is -2.16. The number of halogens is 1. The molecule has 0 aliphatic rings. The summed E-state index contributed by atoms with van der Waals surface area (Å²) in [6.45, 7) is 0. The highest BCUT2D eigenvalue weighted by atomic mass is 19.1. The second-order valence-corrected chi connectivity index (χ2v) is 4.36. The first-order valence-electron chi connectivity index (χ1n) is 6.04. The quantitative estimate of drug-likeness (QED) is 0.513. The van der Waals surface area contributed by atoms with Crippen molar-refractivity contribution in [2.24, 2.45) is 0 Å². The standard InChI is InChI=1S/C14H12FN3O3/c15-11-5-2-6-12(18(20)21)14(11)17-13(19)8-9-3-1-4-10(16)7-9/h1-7H,8,16H2,(H,17,19). The van der Waals surface area contributed by atoms with Gasteiger partial charge in [-0.2, -0.15) is 0 Å². The lowest BCUT2D eigenvalue weighted by atomic mass is 10.1. The molecule has 0 atom stereocenters. The Morgan fingerprint density at radius 1 is 1.29 bits per heavy atom. The van der Waals surface area contributed by atoms with Gasteiger partial charge in [-0.3, -0.25) is 14.9 Å². The fourth-order valence-electron chi connectivity index (χ4n) is 1.86. The van der Waals surface area contributed by atoms with Crippen LogP contribution in [0.4, 0.5) is 21.5 Å². The van der Waals surface area contributed by atoms with E-state index in [4.69, 9.17) is 5.73 Å². The highest BCUT2D eigenvalue weighted by molar-refractivity contribution is 5.94. The highest BCUT2D eigenvalue weighted by Gasteiger charge is 2.19. The molecule has 0 aliphatic carbocycles. The average molecular weight is 289 g/mol. The SMILES string of the molecule is Nc1cccc(CC(=O)Nc2c(F)cccc2[N+](=O)[O-])c1. The van der Waals surface area contributed by atoms with Crippen molar-refractivity contribution < 1.29 is 14.1 Å². The van der Waals surface area contributed by atoms with Crippen LogP contribution in [0.2, 0.25) is 0 Å². The third-order valence-corrected chi connectivity index (χ3v) is 2.77. The van der Waals surface area contributed by atoms with Crippen molar-refractivity contribution in [2.75, 3.05) is 11.1 Å². The normalized spacial score (nSPS) is 10.1. The predicted molar refractivity (Wildman–Crippen MR) is 76.2 cm³/mol. The van der Waals surface area contributed by atoms with E-state index < -0.39 is 28.0 Å². The van der Waals surface area contributed by atoms with Gasteiger partial charge in [0, 0.05) is 11.8 Å². The number of nitro groups is 1. The highest BCUT2D eigenvalue weighted by Crippen LogP contribution is 2.27. The number of anilines is 2. The van der Waals surface area contributed by atoms with Crippen LogP contribution in [0.25, 0.3) is 0 Å². The Hall–Kier alpha value is -2.96. The van der Waals surface area contributed by atoms with Gasteiger partial charge in [-0.05, 0) is 23.8 Å². The Balaban J connectivity index is 2.18. The van der Waals surface area contributed by atoms with Crippen molar-refractivity contribution in [3.8, 4) is 0 Å². The number of hydrogen-bond donors (Lipinski definition) is 2. The van der Waals surface area contributed by atoms with E-state index in [0.717, 1.165) is 12.1 Å². The molecule has 0 spiro atoms. The molecule has 2 rings (SSSR count). The van der Waals surface area contributed by atoms with Gasteiger partial charge in [0.25, 0.3) is 5.69 Å². The maximum atomic E-state index is 13.6. The molecule has 0 radical (unpaired) electrons. The molecule has 0 unspecified atom stereocenters. The summed E-state index contributed by atoms with van der Waals surface area (Å²) in [7, 11) is 0. The number of nitro benzene ring substituents is 1. The summed E-state index contributed by atoms with van der Waals surface area (Å²) in [5, 5.41) is 13.1. The lowest BCUT2D eigenvalue weighted by Gasteiger charge is -2.07. The second kappa shape index (κ2) is 6.00. The third-order valence-electron chi connectivity index (χ3n) is 2.77. The Kier molecular flexibility index (Phi) is 4.13. The van der Waals surface area contributed by atoms with Gasteiger partial charge in [0.15, 0.2) is 11.5 Å². The third kappa shape index (κ3) is 3.53. The minimum atomic E-state index is -0.856. The molecule has 0 heterocycles. The van der Waals surface area contributed by atoms with Crippen molar-refractivity contribution >= 4 is 23.0 Å². The first kappa shape index (κ1) is 14.4. The number of hydrogen-bond acceptors (Lipinski definition) is 4. The molecular formula is C14H12FN3O3. The summed E-state index contributed by atoms with van der Waals surface area (Å²) in [5.74, 6) is -1.42. The molecule has 0 saturated carbocycles. The van der Waals surface area contributed by atoms with Gasteiger partial charge in [0.05, 0.1) is 11.3 Å². The van der Waals surface area contributed by atoms with Gasteiger partial charge in [0.1, 0.15) is 0 Å². The summed E-state index contributed by atoms with van der Waals surface area (Å²) in [6, 6.07) is 10.0. The molecule has 1 amide bonds. The summed E-state index contributed by atoms with van der Waals surface area (Å²) >= 11 is 0. The number of benzene rings is 2. The molecule has 0 aromatic heterocycles. The van der Waals surface area contributed by atoms with E-state index in [1.165, 1.54) is 6.07 Å². The molecular weight excluding hydrogens is 277 g/mol. The molecule has 2 aromatic rings. The molecule has 108 valence electrons. The summed E-state index contributed by atoms with van der Waals surface area (Å²) in [4.78, 5) is 22.0. The number of amides is 1. The van der Waals surface area contributed by atoms with Crippen LogP contribution in [-0.4, -0.2) is 10.8 Å². The Morgan fingerprint density at radius 3 is 2.67 bits per heavy atom. The number of rotatable bonds is 4. The summed E-state index contributed by atoms with van der Waals surface area (Å²) in [6.07, 6.45) is -0.0590. The van der Waals surface area contributed by atoms with Gasteiger partial charge in [-0.15, -0.1) is 0 Å². The van der Waals surface area contributed by atoms with Gasteiger partial charge in [0.2, 0.25) is 5.91 Å². The minimum absolute atomic E-state index is 0.0590. The van der Waals surface area contributed by atoms with Crippen molar-refractivity contribution in [3.05, 3.63) is 64.0 Å². The molecule has 2 aromatic carbocycles. The molecule has 0 saturated heterocycles. The zero-order valence-corrected chi connectivity index (χ0v) is 10.9. The van der Waals surface area contributed by atoms with Crippen LogP contribution < -0.4 is 11.1 Å². The summed E-state index contributed by atoms with van der Waals surface area (Å²) in [5.41, 5.74) is 5.80. The second-order valence-electron chi connectivity index (χ2n) is 4.36. The smallest absolute Gasteiger partial charge is 0.295 e. The number of para-hydroxylation sites is 1. The van der Waals surface area contributed by atoms with Crippen LogP contribution in [-0.2, 0) is 11.2 Å². The average Bonchev–Trinajstić information content (AvgIpc) is 2.40. The Labute approximate surface area is 119 Å². The van der Waals surface area contributed by atoms with E-state index in [-0.39, 0.29) is 6.42 Å². The maximum Gasteiger partial charge on any atom is 0.295 e. The van der Waals surface area contributed by atoms with Gasteiger partial charge in [-0.1, -0.05) is 18.2 Å². The van der Waals surface area contributed by atoms with Crippen LogP contribution in [0.15, 0.2) is 42.5 Å². The van der Waals surface area contributed by atoms with Gasteiger partial charge >= 0.3 is 0 Å². The fraction of sp³-hybridized carbons (Fsp3) is 0.0714. The molecule has 6 nitrogen and oxygen atoms in total. The van der Waals surface area contributed by atoms with E-state index in [9.17, 15) is 19.3 Å². The maximum absolute atomic E-state index is 13.6. The van der Waals surface area contributed by atoms with E-state index in [0.29, 0.717) is 11.3 Å². The largest absolute Gasteiger partial charge is 0.399 e. The Bertz CT molecular complexity index is 704. The number of nitrogen functional groups attached to an aromatic ring is 1. The molecule has 21 heavy (non-hydrogen) atoms. The van der Waals surface area contributed by atoms with E-state index in [1.807, 2.05) is 0 Å². The van der Waals surface area contributed by atoms with Crippen LogP contribution in [0.5, 0.6) is 0 Å². The van der Waals surface area contributed by atoms with E-state index >= 15 is 0 Å². The molecule has 3 N–H and O–H groups in total. The van der Waals surface area contributed by atoms with Crippen LogP contribution in [0.3, 0.4) is 0 Å². The Morgan fingerprint density at radius 2 is 2.00 bits per heavy atom. The number of carbonyl (C=O) groups excluding carboxylic acids is 1. The fourth-order valence-corrected chi connectivity index (χ4v) is 1.86. The van der Waals surface area contributed by atoms with Crippen molar-refractivity contribution in [2.45, 2.75) is 6.42 Å². The predicted octanol–water partition coefficient (Wildman–Crippen LogP) is 2.50. The van der Waals surface area contributed by atoms with E-state index in [2.05, 4.69) is 5.32 Å². The molecule has 0 aliphatic heterocycles. The molecule has 0 fully saturated rings. The zero-order chi connectivity index (χ0) is 15.4. The summed E-state index contributed by atoms with van der Waals surface area (Å²) < 4.78 is 13.6. The van der Waals surface area contributed by atoms with E-state index in [1.54, 1.807) is 24.3 Å². The number of nitrogens with two attached hydrogens (primary N) is 1. The van der Waals surface area contributed by atoms with Crippen molar-refractivity contribution in [3.63, 3.8) is 0 Å². The first-order chi connectivity index (χ1) is 9.97. The topological polar surface area (TPSA) is 98.3 Å². The van der Waals surface area contributed by atoms with Crippen molar-refractivity contribution in [1.82, 2.24) is 0 Å². The zero-order valence-electron chi connectivity index (χ0n) is 10.9. The molecule has 0 bridgehead atoms. The van der Waals surface area contributed by atoms with Gasteiger partial charge in [-0.25, -0.2) is 4.39 Å². The monoisotopic (exact) mass is 289 g/mol. The van der Waals surface area contributed by atoms with Crippen molar-refractivity contribution in [1.29, 1.82) is 0 Å². The number of nitrogens with one attached hydrogen (secondary N) is 1. The number of nitrogens with zero attached hydrogens (tertiary/aromatic N) is 1. The minimum Gasteiger partial charge on any atom is -0.399 e. The lowest BCUT2D eigenvalue weighted by molar-refractivity contribution is -0.384. The first-order valence-corrected chi connectivity index (χ1v) is 6.04. The molecule has 7 heteroatoms. The van der Waals surface area contributed by atoms with Gasteiger partial charge < -0.3 is 11.1 Å². The van der Waals surface area contributed by atoms with Crippen LogP contribution in [0, 0.1) is 15.9 Å².